The predicted molar refractivity (Wildman–Crippen MR) is 106 cm³/mol. The number of oxazole rings is 1. The second-order valence-corrected chi connectivity index (χ2v) is 6.62. The van der Waals surface area contributed by atoms with Gasteiger partial charge in [0.15, 0.2) is 5.58 Å². The van der Waals surface area contributed by atoms with Crippen LogP contribution in [0.2, 0.25) is 0 Å². The van der Waals surface area contributed by atoms with Gasteiger partial charge in [0.2, 0.25) is 5.71 Å². The molecule has 4 heteroatoms. The van der Waals surface area contributed by atoms with E-state index in [4.69, 9.17) is 4.42 Å². The van der Waals surface area contributed by atoms with E-state index in [1.54, 1.807) is 4.90 Å². The molecule has 3 aromatic carbocycles. The fourth-order valence-corrected chi connectivity index (χ4v) is 3.95. The first kappa shape index (κ1) is 14.4. The van der Waals surface area contributed by atoms with E-state index in [2.05, 4.69) is 16.5 Å². The molecular formula is C23H14N2O2. The first-order valence-electron chi connectivity index (χ1n) is 8.85. The van der Waals surface area contributed by atoms with Crippen molar-refractivity contribution in [3.05, 3.63) is 90.5 Å². The third-order valence-corrected chi connectivity index (χ3v) is 5.12. The summed E-state index contributed by atoms with van der Waals surface area (Å²) in [5.41, 5.74) is 6.80. The molecule has 0 radical (unpaired) electrons. The minimum Gasteiger partial charge on any atom is -0.437 e. The highest BCUT2D eigenvalue weighted by atomic mass is 16.3. The van der Waals surface area contributed by atoms with Crippen molar-refractivity contribution in [3.63, 3.8) is 0 Å². The van der Waals surface area contributed by atoms with E-state index < -0.39 is 0 Å². The number of carbonyl (C=O) groups is 1. The summed E-state index contributed by atoms with van der Waals surface area (Å²) in [6.45, 7) is 0. The van der Waals surface area contributed by atoms with Crippen molar-refractivity contribution in [3.8, 4) is 11.3 Å². The van der Waals surface area contributed by atoms with Gasteiger partial charge in [0.1, 0.15) is 5.56 Å². The molecule has 0 saturated heterocycles. The summed E-state index contributed by atoms with van der Waals surface area (Å²) in [4.78, 5) is 14.8. The number of para-hydroxylation sites is 3. The number of rotatable bonds is 2. The van der Waals surface area contributed by atoms with Gasteiger partial charge in [0, 0.05) is 11.3 Å². The van der Waals surface area contributed by atoms with Gasteiger partial charge in [0.05, 0.1) is 16.9 Å². The van der Waals surface area contributed by atoms with Crippen molar-refractivity contribution in [1.29, 1.82) is 0 Å². The molecule has 0 N–H and O–H groups in total. The molecule has 0 fully saturated rings. The lowest BCUT2D eigenvalue weighted by atomic mass is 10.0. The smallest absolute Gasteiger partial charge is 0.270 e. The molecule has 0 atom stereocenters. The van der Waals surface area contributed by atoms with Crippen LogP contribution in [0.5, 0.6) is 0 Å². The van der Waals surface area contributed by atoms with Crippen LogP contribution in [-0.2, 0) is 0 Å². The molecule has 6 rings (SSSR count). The van der Waals surface area contributed by atoms with Crippen molar-refractivity contribution in [1.82, 2.24) is 4.40 Å². The highest BCUT2D eigenvalue weighted by Gasteiger charge is 2.43. The summed E-state index contributed by atoms with van der Waals surface area (Å²) in [6.07, 6.45) is 0. The normalized spacial score (nSPS) is 13.2. The van der Waals surface area contributed by atoms with Gasteiger partial charge in [-0.3, -0.25) is 14.1 Å². The summed E-state index contributed by atoms with van der Waals surface area (Å²) in [6, 6.07) is 27.8. The molecule has 0 aliphatic carbocycles. The highest BCUT2D eigenvalue weighted by molar-refractivity contribution is 6.30. The predicted octanol–water partition coefficient (Wildman–Crippen LogP) is 5.64. The Kier molecular flexibility index (Phi) is 2.72. The van der Waals surface area contributed by atoms with Crippen LogP contribution in [0.1, 0.15) is 10.4 Å². The molecule has 0 bridgehead atoms. The molecule has 128 valence electrons. The van der Waals surface area contributed by atoms with Crippen LogP contribution in [-0.4, -0.2) is 10.3 Å². The van der Waals surface area contributed by atoms with Gasteiger partial charge in [-0.05, 0) is 24.3 Å². The van der Waals surface area contributed by atoms with E-state index >= 15 is 0 Å². The fraction of sp³-hybridized carbons (Fsp3) is 0. The van der Waals surface area contributed by atoms with Gasteiger partial charge in [-0.2, -0.15) is 0 Å². The average molecular weight is 350 g/mol. The quantitative estimate of drug-likeness (QED) is 0.413. The Morgan fingerprint density at radius 3 is 2.19 bits per heavy atom. The van der Waals surface area contributed by atoms with Crippen LogP contribution in [0.25, 0.3) is 28.1 Å². The molecule has 4 nitrogen and oxygen atoms in total. The van der Waals surface area contributed by atoms with E-state index in [9.17, 15) is 4.79 Å². The van der Waals surface area contributed by atoms with Gasteiger partial charge in [-0.1, -0.05) is 60.7 Å². The lowest BCUT2D eigenvalue weighted by Crippen LogP contribution is -2.35. The van der Waals surface area contributed by atoms with Crippen LogP contribution in [0.3, 0.4) is 0 Å². The van der Waals surface area contributed by atoms with E-state index in [1.807, 2.05) is 72.8 Å². The van der Waals surface area contributed by atoms with Crippen molar-refractivity contribution in [2.45, 2.75) is 0 Å². The number of anilines is 2. The number of carbonyl (C=O) groups excluding carboxylic acids is 1. The van der Waals surface area contributed by atoms with Crippen LogP contribution in [0.15, 0.2) is 89.3 Å². The Labute approximate surface area is 154 Å². The Hall–Kier alpha value is -3.79. The number of benzene rings is 3. The van der Waals surface area contributed by atoms with Gasteiger partial charge < -0.3 is 4.42 Å². The Balaban J connectivity index is 1.75. The second kappa shape index (κ2) is 5.11. The van der Waals surface area contributed by atoms with Crippen molar-refractivity contribution in [2.75, 3.05) is 4.90 Å². The van der Waals surface area contributed by atoms with E-state index in [-0.39, 0.29) is 5.91 Å². The SMILES string of the molecule is O=C1c2c(c(-c3ccccc3)n3c2oc2ccccc23)N1c1ccccc1. The zero-order valence-electron chi connectivity index (χ0n) is 14.3. The molecule has 0 saturated carbocycles. The summed E-state index contributed by atoms with van der Waals surface area (Å²) in [7, 11) is 0. The minimum absolute atomic E-state index is 0.0325. The maximum absolute atomic E-state index is 13.0. The molecule has 0 unspecified atom stereocenters. The van der Waals surface area contributed by atoms with Gasteiger partial charge in [-0.25, -0.2) is 0 Å². The Morgan fingerprint density at radius 2 is 1.41 bits per heavy atom. The van der Waals surface area contributed by atoms with E-state index in [1.165, 1.54) is 0 Å². The third-order valence-electron chi connectivity index (χ3n) is 5.12. The zero-order valence-corrected chi connectivity index (χ0v) is 14.3. The molecule has 3 heterocycles. The summed E-state index contributed by atoms with van der Waals surface area (Å²) in [5, 5.41) is 0. The average Bonchev–Trinajstić information content (AvgIpc) is 3.21. The topological polar surface area (TPSA) is 37.9 Å². The number of amides is 1. The number of aromatic nitrogens is 1. The standard InChI is InChI=1S/C23H14N2O2/c26-22-19-21(24(22)16-11-5-2-6-12-16)20(15-9-3-1-4-10-15)25-17-13-7-8-14-18(17)27-23(19)25/h1-14H. The molecule has 0 spiro atoms. The maximum atomic E-state index is 13.0. The van der Waals surface area contributed by atoms with Crippen LogP contribution in [0, 0.1) is 0 Å². The second-order valence-electron chi connectivity index (χ2n) is 6.62. The number of fused-ring (bicyclic) bond motifs is 5. The molecular weight excluding hydrogens is 336 g/mol. The fourth-order valence-electron chi connectivity index (χ4n) is 3.95. The van der Waals surface area contributed by atoms with Crippen LogP contribution in [0.4, 0.5) is 11.4 Å². The molecule has 5 aromatic rings. The molecule has 1 aliphatic heterocycles. The number of hydrogen-bond acceptors (Lipinski definition) is 2. The van der Waals surface area contributed by atoms with E-state index in [0.717, 1.165) is 33.7 Å². The van der Waals surface area contributed by atoms with Gasteiger partial charge in [0.25, 0.3) is 5.91 Å². The first-order chi connectivity index (χ1) is 13.3. The molecule has 1 amide bonds. The lowest BCUT2D eigenvalue weighted by Gasteiger charge is -2.31. The van der Waals surface area contributed by atoms with Crippen molar-refractivity contribution >= 4 is 34.1 Å². The molecule has 1 aliphatic rings. The summed E-state index contributed by atoms with van der Waals surface area (Å²) >= 11 is 0. The highest BCUT2D eigenvalue weighted by Crippen LogP contribution is 2.51. The van der Waals surface area contributed by atoms with Crippen molar-refractivity contribution < 1.29 is 9.21 Å². The van der Waals surface area contributed by atoms with Crippen LogP contribution < -0.4 is 4.90 Å². The molecule has 2 aromatic heterocycles. The number of nitrogens with zero attached hydrogens (tertiary/aromatic N) is 2. The molecule has 27 heavy (non-hydrogen) atoms. The van der Waals surface area contributed by atoms with Gasteiger partial charge >= 0.3 is 0 Å². The van der Waals surface area contributed by atoms with Crippen molar-refractivity contribution in [2.24, 2.45) is 0 Å². The zero-order chi connectivity index (χ0) is 18.0. The van der Waals surface area contributed by atoms with Crippen LogP contribution >= 0.6 is 0 Å². The minimum atomic E-state index is -0.0325. The largest absolute Gasteiger partial charge is 0.437 e. The first-order valence-corrected chi connectivity index (χ1v) is 8.85. The monoisotopic (exact) mass is 350 g/mol. The Bertz CT molecular complexity index is 1330. The maximum Gasteiger partial charge on any atom is 0.270 e. The third kappa shape index (κ3) is 1.79. The summed E-state index contributed by atoms with van der Waals surface area (Å²) < 4.78 is 8.15. The summed E-state index contributed by atoms with van der Waals surface area (Å²) in [5.74, 6) is -0.0325. The number of hydrogen-bond donors (Lipinski definition) is 0. The van der Waals surface area contributed by atoms with Gasteiger partial charge in [-0.15, -0.1) is 0 Å². The Morgan fingerprint density at radius 1 is 0.741 bits per heavy atom. The lowest BCUT2D eigenvalue weighted by molar-refractivity contribution is 0.0982. The van der Waals surface area contributed by atoms with E-state index in [0.29, 0.717) is 11.3 Å².